The second-order valence-corrected chi connectivity index (χ2v) is 9.16. The number of amides is 1. The number of carbonyl (C=O) groups excluding carboxylic acids is 2. The zero-order chi connectivity index (χ0) is 25.3. The topological polar surface area (TPSA) is 89.1 Å². The van der Waals surface area contributed by atoms with E-state index >= 15 is 0 Å². The Morgan fingerprint density at radius 1 is 1.17 bits per heavy atom. The van der Waals surface area contributed by atoms with Gasteiger partial charge >= 0.3 is 0 Å². The first-order valence-corrected chi connectivity index (χ1v) is 11.8. The summed E-state index contributed by atoms with van der Waals surface area (Å²) < 4.78 is 13.8. The van der Waals surface area contributed by atoms with Crippen LogP contribution in [0.2, 0.25) is 0 Å². The van der Waals surface area contributed by atoms with Gasteiger partial charge in [0.25, 0.3) is 5.91 Å². The van der Waals surface area contributed by atoms with Crippen molar-refractivity contribution in [2.24, 2.45) is 5.92 Å². The smallest absolute Gasteiger partial charge is 0.255 e. The summed E-state index contributed by atoms with van der Waals surface area (Å²) in [6, 6.07) is 5.47. The minimum absolute atomic E-state index is 0.0355. The van der Waals surface area contributed by atoms with Gasteiger partial charge in [-0.1, -0.05) is 6.92 Å². The maximum Gasteiger partial charge on any atom is 0.255 e. The number of nitrogens with one attached hydrogen (secondary N) is 1. The number of carbonyl (C=O) groups is 2. The van der Waals surface area contributed by atoms with E-state index in [-0.39, 0.29) is 5.91 Å². The molecule has 8 heteroatoms. The molecule has 0 radical (unpaired) electrons. The van der Waals surface area contributed by atoms with Gasteiger partial charge in [-0.3, -0.25) is 9.59 Å². The van der Waals surface area contributed by atoms with Crippen LogP contribution in [0.5, 0.6) is 11.5 Å². The number of benzene rings is 1. The Hall–Kier alpha value is -3.65. The van der Waals surface area contributed by atoms with Crippen LogP contribution in [0.15, 0.2) is 35.0 Å². The first-order valence-electron chi connectivity index (χ1n) is 11.8. The minimum atomic E-state index is 0.0355. The van der Waals surface area contributed by atoms with Gasteiger partial charge in [0.2, 0.25) is 0 Å². The van der Waals surface area contributed by atoms with E-state index < -0.39 is 0 Å². The van der Waals surface area contributed by atoms with Crippen LogP contribution in [0.25, 0.3) is 16.5 Å². The SMILES string of the molecule is CNC.Cc1oc2c(C)c(Oc3ccnn4cc(C(=O)N5CCC(C)C5)c(C)c34)ccc2c1C=O. The molecular weight excluding hydrogens is 444 g/mol. The molecule has 4 heterocycles. The molecule has 1 saturated heterocycles. The molecule has 5 rings (SSSR count). The third kappa shape index (κ3) is 4.41. The molecule has 1 unspecified atom stereocenters. The molecule has 0 spiro atoms. The van der Waals surface area contributed by atoms with Gasteiger partial charge in [-0.2, -0.15) is 5.10 Å². The Morgan fingerprint density at radius 3 is 2.57 bits per heavy atom. The number of aldehydes is 1. The molecule has 8 nitrogen and oxygen atoms in total. The van der Waals surface area contributed by atoms with Crippen molar-refractivity contribution in [1.82, 2.24) is 19.8 Å². The average molecular weight is 477 g/mol. The zero-order valence-corrected chi connectivity index (χ0v) is 21.1. The highest BCUT2D eigenvalue weighted by molar-refractivity contribution is 6.00. The fourth-order valence-corrected chi connectivity index (χ4v) is 4.60. The molecule has 4 aromatic rings. The van der Waals surface area contributed by atoms with E-state index in [9.17, 15) is 9.59 Å². The highest BCUT2D eigenvalue weighted by Gasteiger charge is 2.27. The summed E-state index contributed by atoms with van der Waals surface area (Å²) in [7, 11) is 3.75. The monoisotopic (exact) mass is 476 g/mol. The van der Waals surface area contributed by atoms with Crippen LogP contribution in [0.4, 0.5) is 0 Å². The van der Waals surface area contributed by atoms with Gasteiger partial charge in [-0.05, 0) is 64.9 Å². The quantitative estimate of drug-likeness (QED) is 0.420. The molecule has 35 heavy (non-hydrogen) atoms. The summed E-state index contributed by atoms with van der Waals surface area (Å²) in [4.78, 5) is 26.4. The predicted octanol–water partition coefficient (Wildman–Crippen LogP) is 4.93. The van der Waals surface area contributed by atoms with Gasteiger partial charge in [0.1, 0.15) is 22.6 Å². The van der Waals surface area contributed by atoms with Gasteiger partial charge in [-0.15, -0.1) is 0 Å². The normalized spacial score (nSPS) is 15.4. The van der Waals surface area contributed by atoms with Crippen LogP contribution in [-0.4, -0.2) is 53.9 Å². The highest BCUT2D eigenvalue weighted by atomic mass is 16.5. The summed E-state index contributed by atoms with van der Waals surface area (Å²) in [5.41, 5.74) is 4.24. The Bertz CT molecular complexity index is 1400. The number of likely N-dealkylation sites (tertiary alicyclic amines) is 1. The van der Waals surface area contributed by atoms with Crippen LogP contribution >= 0.6 is 0 Å². The molecule has 184 valence electrons. The first kappa shape index (κ1) is 24.5. The Kier molecular flexibility index (Phi) is 6.93. The lowest BCUT2D eigenvalue weighted by atomic mass is 10.1. The van der Waals surface area contributed by atoms with Crippen LogP contribution in [0, 0.1) is 26.7 Å². The number of nitrogens with zero attached hydrogens (tertiary/aromatic N) is 3. The number of hydrogen-bond acceptors (Lipinski definition) is 6. The molecule has 1 aliphatic rings. The number of furan rings is 1. The van der Waals surface area contributed by atoms with Gasteiger partial charge in [0.05, 0.1) is 17.3 Å². The predicted molar refractivity (Wildman–Crippen MR) is 136 cm³/mol. The number of aromatic nitrogens is 2. The van der Waals surface area contributed by atoms with Gasteiger partial charge in [0.15, 0.2) is 12.0 Å². The van der Waals surface area contributed by atoms with E-state index in [0.29, 0.717) is 39.9 Å². The van der Waals surface area contributed by atoms with E-state index in [1.54, 1.807) is 29.9 Å². The minimum Gasteiger partial charge on any atom is -0.460 e. The van der Waals surface area contributed by atoms with E-state index in [4.69, 9.17) is 9.15 Å². The van der Waals surface area contributed by atoms with Gasteiger partial charge < -0.3 is 19.4 Å². The van der Waals surface area contributed by atoms with E-state index in [0.717, 1.165) is 47.8 Å². The molecule has 3 aromatic heterocycles. The highest BCUT2D eigenvalue weighted by Crippen LogP contribution is 2.37. The molecule has 0 bridgehead atoms. The maximum atomic E-state index is 13.1. The van der Waals surface area contributed by atoms with E-state index in [1.165, 1.54) is 0 Å². The molecule has 0 aliphatic carbocycles. The fraction of sp³-hybridized carbons (Fsp3) is 0.370. The lowest BCUT2D eigenvalue weighted by Gasteiger charge is -2.15. The maximum absolute atomic E-state index is 13.1. The van der Waals surface area contributed by atoms with Crippen molar-refractivity contribution in [2.75, 3.05) is 27.2 Å². The zero-order valence-electron chi connectivity index (χ0n) is 21.1. The van der Waals surface area contributed by atoms with Gasteiger partial charge in [0, 0.05) is 36.3 Å². The van der Waals surface area contributed by atoms with Crippen molar-refractivity contribution in [3.63, 3.8) is 0 Å². The average Bonchev–Trinajstić information content (AvgIpc) is 3.51. The Balaban J connectivity index is 0.000000917. The molecule has 1 fully saturated rings. The molecule has 1 atom stereocenters. The van der Waals surface area contributed by atoms with Crippen molar-refractivity contribution >= 4 is 28.7 Å². The molecule has 1 aliphatic heterocycles. The second-order valence-electron chi connectivity index (χ2n) is 9.16. The number of rotatable bonds is 4. The van der Waals surface area contributed by atoms with Gasteiger partial charge in [-0.25, -0.2) is 4.52 Å². The molecule has 0 saturated carbocycles. The summed E-state index contributed by atoms with van der Waals surface area (Å²) in [6.45, 7) is 9.35. The summed E-state index contributed by atoms with van der Waals surface area (Å²) >= 11 is 0. The van der Waals surface area contributed by atoms with Crippen molar-refractivity contribution in [3.8, 4) is 11.5 Å². The van der Waals surface area contributed by atoms with Crippen molar-refractivity contribution in [3.05, 3.63) is 58.6 Å². The third-order valence-electron chi connectivity index (χ3n) is 6.45. The third-order valence-corrected chi connectivity index (χ3v) is 6.45. The number of fused-ring (bicyclic) bond motifs is 2. The van der Waals surface area contributed by atoms with Crippen LogP contribution in [0.1, 0.15) is 50.9 Å². The Morgan fingerprint density at radius 2 is 1.91 bits per heavy atom. The summed E-state index contributed by atoms with van der Waals surface area (Å²) in [5, 5.41) is 7.92. The lowest BCUT2D eigenvalue weighted by molar-refractivity contribution is 0.0787. The van der Waals surface area contributed by atoms with E-state index in [1.807, 2.05) is 45.0 Å². The molecule has 1 amide bonds. The lowest BCUT2D eigenvalue weighted by Crippen LogP contribution is -2.28. The molecule has 1 aromatic carbocycles. The van der Waals surface area contributed by atoms with Crippen LogP contribution < -0.4 is 10.1 Å². The van der Waals surface area contributed by atoms with Crippen LogP contribution in [0.3, 0.4) is 0 Å². The summed E-state index contributed by atoms with van der Waals surface area (Å²) in [6.07, 6.45) is 5.29. The van der Waals surface area contributed by atoms with Crippen molar-refractivity contribution in [2.45, 2.75) is 34.1 Å². The molecular formula is C27H32N4O4. The Labute approximate surface area is 204 Å². The summed E-state index contributed by atoms with van der Waals surface area (Å²) in [5.74, 6) is 2.37. The largest absolute Gasteiger partial charge is 0.460 e. The number of hydrogen-bond donors (Lipinski definition) is 1. The first-order chi connectivity index (χ1) is 16.8. The number of aryl methyl sites for hydroxylation is 3. The van der Waals surface area contributed by atoms with Crippen molar-refractivity contribution in [1.29, 1.82) is 0 Å². The fourth-order valence-electron chi connectivity index (χ4n) is 4.60. The molecule has 1 N–H and O–H groups in total. The standard InChI is InChI=1S/C25H25N3O4.C2H7N/c1-14-8-10-27(11-14)25(30)19-12-28-23(15(19)2)22(7-9-26-28)32-21-6-5-18-20(13-29)17(4)31-24(18)16(21)3;1-3-2/h5-7,9,12-14H,8,10-11H2,1-4H3;3H,1-2H3. The van der Waals surface area contributed by atoms with E-state index in [2.05, 4.69) is 17.3 Å². The van der Waals surface area contributed by atoms with Crippen molar-refractivity contribution < 1.29 is 18.7 Å². The van der Waals surface area contributed by atoms with Crippen LogP contribution in [-0.2, 0) is 0 Å². The second kappa shape index (κ2) is 9.92. The number of ether oxygens (including phenoxy) is 1.